The molecule has 1 N–H and O–H groups in total. The Balaban J connectivity index is 2.18. The molecular formula is C12H12OS. The lowest BCUT2D eigenvalue weighted by atomic mass is 10.1. The van der Waals surface area contributed by atoms with Crippen LogP contribution < -0.4 is 0 Å². The molecule has 0 amide bonds. The molecule has 14 heavy (non-hydrogen) atoms. The first-order valence-corrected chi connectivity index (χ1v) is 5.39. The quantitative estimate of drug-likeness (QED) is 0.795. The number of hydrogen-bond acceptors (Lipinski definition) is 2. The predicted molar refractivity (Wildman–Crippen MR) is 60.0 cm³/mol. The Bertz CT molecular complexity index is 431. The molecule has 0 bridgehead atoms. The highest BCUT2D eigenvalue weighted by atomic mass is 32.1. The third-order valence-corrected chi connectivity index (χ3v) is 3.09. The van der Waals surface area contributed by atoms with Crippen molar-refractivity contribution in [1.29, 1.82) is 0 Å². The third-order valence-electron chi connectivity index (χ3n) is 2.08. The monoisotopic (exact) mass is 204 g/mol. The van der Waals surface area contributed by atoms with E-state index in [4.69, 9.17) is 0 Å². The molecule has 1 nitrogen and oxygen atoms in total. The van der Waals surface area contributed by atoms with Crippen molar-refractivity contribution in [2.24, 2.45) is 0 Å². The fourth-order valence-corrected chi connectivity index (χ4v) is 2.37. The number of benzene rings is 1. The van der Waals surface area contributed by atoms with Gasteiger partial charge in [0.1, 0.15) is 5.75 Å². The highest BCUT2D eigenvalue weighted by Gasteiger charge is 1.99. The molecule has 1 heterocycles. The molecule has 0 aliphatic carbocycles. The molecule has 0 aliphatic heterocycles. The fraction of sp³-hybridized carbons (Fsp3) is 0.167. The van der Waals surface area contributed by atoms with Gasteiger partial charge in [-0.1, -0.05) is 12.1 Å². The van der Waals surface area contributed by atoms with E-state index in [1.807, 2.05) is 18.2 Å². The van der Waals surface area contributed by atoms with Crippen LogP contribution in [0.1, 0.15) is 15.3 Å². The van der Waals surface area contributed by atoms with Gasteiger partial charge in [0.25, 0.3) is 0 Å². The van der Waals surface area contributed by atoms with Crippen molar-refractivity contribution in [3.05, 3.63) is 51.7 Å². The maximum Gasteiger partial charge on any atom is 0.115 e. The van der Waals surface area contributed by atoms with Gasteiger partial charge >= 0.3 is 0 Å². The SMILES string of the molecule is Cc1ccc(Cc2cccc(O)c2)s1. The number of rotatable bonds is 2. The lowest BCUT2D eigenvalue weighted by molar-refractivity contribution is 0.474. The first-order chi connectivity index (χ1) is 6.74. The van der Waals surface area contributed by atoms with Gasteiger partial charge < -0.3 is 5.11 Å². The summed E-state index contributed by atoms with van der Waals surface area (Å²) in [5.74, 6) is 0.343. The number of aromatic hydroxyl groups is 1. The minimum atomic E-state index is 0.343. The van der Waals surface area contributed by atoms with Gasteiger partial charge in [0.05, 0.1) is 0 Å². The normalized spacial score (nSPS) is 10.4. The summed E-state index contributed by atoms with van der Waals surface area (Å²) in [4.78, 5) is 2.67. The van der Waals surface area contributed by atoms with E-state index in [2.05, 4.69) is 19.1 Å². The molecule has 1 aromatic carbocycles. The molecular weight excluding hydrogens is 192 g/mol. The molecule has 0 fully saturated rings. The minimum absolute atomic E-state index is 0.343. The average molecular weight is 204 g/mol. The van der Waals surface area contributed by atoms with E-state index in [-0.39, 0.29) is 0 Å². The number of phenolic OH excluding ortho intramolecular Hbond substituents is 1. The van der Waals surface area contributed by atoms with Crippen molar-refractivity contribution >= 4 is 11.3 Å². The van der Waals surface area contributed by atoms with Crippen LogP contribution in [0, 0.1) is 6.92 Å². The average Bonchev–Trinajstić information content (AvgIpc) is 2.51. The van der Waals surface area contributed by atoms with Gasteiger partial charge in [-0.05, 0) is 36.8 Å². The number of phenols is 1. The smallest absolute Gasteiger partial charge is 0.115 e. The number of hydrogen-bond donors (Lipinski definition) is 1. The van der Waals surface area contributed by atoms with E-state index in [1.54, 1.807) is 17.4 Å². The van der Waals surface area contributed by atoms with E-state index in [9.17, 15) is 5.11 Å². The van der Waals surface area contributed by atoms with E-state index < -0.39 is 0 Å². The summed E-state index contributed by atoms with van der Waals surface area (Å²) < 4.78 is 0. The highest BCUT2D eigenvalue weighted by molar-refractivity contribution is 7.11. The van der Waals surface area contributed by atoms with Crippen LogP contribution in [0.15, 0.2) is 36.4 Å². The maximum absolute atomic E-state index is 9.30. The maximum atomic E-state index is 9.30. The minimum Gasteiger partial charge on any atom is -0.508 e. The Morgan fingerprint density at radius 3 is 2.71 bits per heavy atom. The van der Waals surface area contributed by atoms with E-state index in [0.717, 1.165) is 12.0 Å². The molecule has 0 saturated carbocycles. The van der Waals surface area contributed by atoms with E-state index >= 15 is 0 Å². The molecule has 0 saturated heterocycles. The van der Waals surface area contributed by atoms with Gasteiger partial charge in [0, 0.05) is 16.2 Å². The fourth-order valence-electron chi connectivity index (χ4n) is 1.45. The molecule has 0 radical (unpaired) electrons. The first kappa shape index (κ1) is 9.28. The van der Waals surface area contributed by atoms with Crippen LogP contribution in [0.3, 0.4) is 0 Å². The van der Waals surface area contributed by atoms with Crippen LogP contribution in [-0.2, 0) is 6.42 Å². The van der Waals surface area contributed by atoms with Gasteiger partial charge in [-0.15, -0.1) is 11.3 Å². The van der Waals surface area contributed by atoms with E-state index in [1.165, 1.54) is 9.75 Å². The Labute approximate surface area is 87.7 Å². The van der Waals surface area contributed by atoms with Crippen molar-refractivity contribution in [3.8, 4) is 5.75 Å². The van der Waals surface area contributed by atoms with Crippen molar-refractivity contribution in [2.75, 3.05) is 0 Å². The molecule has 2 rings (SSSR count). The summed E-state index contributed by atoms with van der Waals surface area (Å²) in [6.45, 7) is 2.11. The van der Waals surface area contributed by atoms with Crippen molar-refractivity contribution in [1.82, 2.24) is 0 Å². The second-order valence-corrected chi connectivity index (χ2v) is 4.73. The summed E-state index contributed by atoms with van der Waals surface area (Å²) >= 11 is 1.81. The predicted octanol–water partition coefficient (Wildman–Crippen LogP) is 3.35. The molecule has 0 spiro atoms. The van der Waals surface area contributed by atoms with Gasteiger partial charge in [-0.2, -0.15) is 0 Å². The van der Waals surface area contributed by atoms with Crippen molar-refractivity contribution in [2.45, 2.75) is 13.3 Å². The van der Waals surface area contributed by atoms with Crippen molar-refractivity contribution in [3.63, 3.8) is 0 Å². The Kier molecular flexibility index (Phi) is 2.55. The standard InChI is InChI=1S/C12H12OS/c1-9-5-6-12(14-9)8-10-3-2-4-11(13)7-10/h2-7,13H,8H2,1H3. The second kappa shape index (κ2) is 3.84. The van der Waals surface area contributed by atoms with Crippen LogP contribution >= 0.6 is 11.3 Å². The van der Waals surface area contributed by atoms with Gasteiger partial charge in [-0.3, -0.25) is 0 Å². The largest absolute Gasteiger partial charge is 0.508 e. The van der Waals surface area contributed by atoms with Crippen LogP contribution in [0.25, 0.3) is 0 Å². The lowest BCUT2D eigenvalue weighted by Gasteiger charge is -1.98. The Morgan fingerprint density at radius 2 is 2.07 bits per heavy atom. The number of aryl methyl sites for hydroxylation is 1. The second-order valence-electron chi connectivity index (χ2n) is 3.36. The van der Waals surface area contributed by atoms with Crippen molar-refractivity contribution < 1.29 is 5.11 Å². The highest BCUT2D eigenvalue weighted by Crippen LogP contribution is 2.20. The lowest BCUT2D eigenvalue weighted by Crippen LogP contribution is -1.82. The van der Waals surface area contributed by atoms with E-state index in [0.29, 0.717) is 5.75 Å². The molecule has 72 valence electrons. The van der Waals surface area contributed by atoms with Gasteiger partial charge in [-0.25, -0.2) is 0 Å². The summed E-state index contributed by atoms with van der Waals surface area (Å²) in [7, 11) is 0. The summed E-state index contributed by atoms with van der Waals surface area (Å²) in [5, 5.41) is 9.30. The summed E-state index contributed by atoms with van der Waals surface area (Å²) in [6.07, 6.45) is 0.910. The zero-order valence-corrected chi connectivity index (χ0v) is 8.84. The summed E-state index contributed by atoms with van der Waals surface area (Å²) in [6, 6.07) is 11.7. The molecule has 0 atom stereocenters. The first-order valence-electron chi connectivity index (χ1n) is 4.57. The molecule has 2 heteroatoms. The number of thiophene rings is 1. The zero-order valence-electron chi connectivity index (χ0n) is 8.03. The molecule has 1 aromatic heterocycles. The summed E-state index contributed by atoms with van der Waals surface area (Å²) in [5.41, 5.74) is 1.16. The molecule has 2 aromatic rings. The zero-order chi connectivity index (χ0) is 9.97. The van der Waals surface area contributed by atoms with Crippen LogP contribution in [0.5, 0.6) is 5.75 Å². The molecule has 0 aliphatic rings. The third kappa shape index (κ3) is 2.15. The van der Waals surface area contributed by atoms with Crippen LogP contribution in [0.4, 0.5) is 0 Å². The van der Waals surface area contributed by atoms with Crippen LogP contribution in [-0.4, -0.2) is 5.11 Å². The van der Waals surface area contributed by atoms with Gasteiger partial charge in [0.2, 0.25) is 0 Å². The Hall–Kier alpha value is -1.28. The van der Waals surface area contributed by atoms with Gasteiger partial charge in [0.15, 0.2) is 0 Å². The van der Waals surface area contributed by atoms with Crippen LogP contribution in [0.2, 0.25) is 0 Å². The Morgan fingerprint density at radius 1 is 1.21 bits per heavy atom. The molecule has 0 unspecified atom stereocenters. The topological polar surface area (TPSA) is 20.2 Å².